The fraction of sp³-hybridized carbons (Fsp3) is 0.562. The average Bonchev–Trinajstić information content (AvgIpc) is 2.36. The van der Waals surface area contributed by atoms with E-state index in [1.165, 1.54) is 0 Å². The van der Waals surface area contributed by atoms with Gasteiger partial charge in [-0.2, -0.15) is 0 Å². The van der Waals surface area contributed by atoms with Crippen LogP contribution in [0.25, 0.3) is 0 Å². The molecule has 4 nitrogen and oxygen atoms in total. The summed E-state index contributed by atoms with van der Waals surface area (Å²) in [5.74, 6) is -0.0573. The lowest BCUT2D eigenvalue weighted by Gasteiger charge is -2.21. The van der Waals surface area contributed by atoms with Crippen LogP contribution < -0.4 is 5.32 Å². The van der Waals surface area contributed by atoms with Crippen LogP contribution in [0.5, 0.6) is 0 Å². The molecule has 118 valence electrons. The predicted molar refractivity (Wildman–Crippen MR) is 84.7 cm³/mol. The lowest BCUT2D eigenvalue weighted by atomic mass is 9.99. The van der Waals surface area contributed by atoms with Crippen LogP contribution >= 0.6 is 11.6 Å². The third-order valence-corrected chi connectivity index (χ3v) is 3.36. The zero-order valence-electron chi connectivity index (χ0n) is 13.1. The summed E-state index contributed by atoms with van der Waals surface area (Å²) >= 11 is 5.99. The van der Waals surface area contributed by atoms with Gasteiger partial charge in [0.25, 0.3) is 0 Å². The fourth-order valence-electron chi connectivity index (χ4n) is 1.91. The summed E-state index contributed by atoms with van der Waals surface area (Å²) in [5.41, 5.74) is 1.57. The van der Waals surface area contributed by atoms with Gasteiger partial charge in [0, 0.05) is 24.1 Å². The van der Waals surface area contributed by atoms with Crippen molar-refractivity contribution in [3.05, 3.63) is 34.3 Å². The smallest absolute Gasteiger partial charge is 0.407 e. The van der Waals surface area contributed by atoms with E-state index in [2.05, 4.69) is 5.32 Å². The number of aliphatic hydroxyl groups excluding tert-OH is 1. The number of hydrogen-bond acceptors (Lipinski definition) is 3. The average molecular weight is 314 g/mol. The van der Waals surface area contributed by atoms with Crippen LogP contribution in [0, 0.1) is 12.8 Å². The fourth-order valence-corrected chi connectivity index (χ4v) is 2.03. The first-order chi connectivity index (χ1) is 9.71. The number of halogens is 1. The topological polar surface area (TPSA) is 58.6 Å². The summed E-state index contributed by atoms with van der Waals surface area (Å²) in [5, 5.41) is 12.9. The number of nitrogens with one attached hydrogen (secondary N) is 1. The number of aliphatic hydroxyl groups is 1. The highest BCUT2D eigenvalue weighted by atomic mass is 35.5. The van der Waals surface area contributed by atoms with Gasteiger partial charge in [0.05, 0.1) is 0 Å². The van der Waals surface area contributed by atoms with Crippen molar-refractivity contribution >= 4 is 17.7 Å². The van der Waals surface area contributed by atoms with Crippen molar-refractivity contribution in [2.24, 2.45) is 5.92 Å². The maximum absolute atomic E-state index is 11.6. The highest BCUT2D eigenvalue weighted by Crippen LogP contribution is 2.18. The van der Waals surface area contributed by atoms with E-state index in [0.29, 0.717) is 13.0 Å². The van der Waals surface area contributed by atoms with Gasteiger partial charge in [-0.3, -0.25) is 0 Å². The molecule has 0 fully saturated rings. The molecule has 0 aliphatic heterocycles. The maximum atomic E-state index is 11.6. The Morgan fingerprint density at radius 3 is 2.62 bits per heavy atom. The van der Waals surface area contributed by atoms with E-state index in [9.17, 15) is 9.90 Å². The zero-order chi connectivity index (χ0) is 16.0. The standard InChI is InChI=1S/C16H24ClNO3/c1-11-7-12(5-6-14(11)17)8-13(10-19)9-18-15(20)21-16(2,3)4/h5-7,13,19H,8-10H2,1-4H3,(H,18,20). The lowest BCUT2D eigenvalue weighted by molar-refractivity contribution is 0.0512. The number of alkyl carbamates (subject to hydrolysis) is 1. The van der Waals surface area contributed by atoms with Crippen LogP contribution in [0.4, 0.5) is 4.79 Å². The Hall–Kier alpha value is -1.26. The first-order valence-corrected chi connectivity index (χ1v) is 7.42. The van der Waals surface area contributed by atoms with Crippen molar-refractivity contribution in [1.82, 2.24) is 5.32 Å². The molecule has 0 saturated heterocycles. The molecule has 1 amide bonds. The molecule has 21 heavy (non-hydrogen) atoms. The largest absolute Gasteiger partial charge is 0.444 e. The van der Waals surface area contributed by atoms with Crippen LogP contribution in [-0.4, -0.2) is 30.0 Å². The summed E-state index contributed by atoms with van der Waals surface area (Å²) < 4.78 is 5.17. The summed E-state index contributed by atoms with van der Waals surface area (Å²) in [6, 6.07) is 5.78. The highest BCUT2D eigenvalue weighted by molar-refractivity contribution is 6.31. The number of hydrogen-bond donors (Lipinski definition) is 2. The normalized spacial score (nSPS) is 12.9. The molecule has 0 aliphatic carbocycles. The van der Waals surface area contributed by atoms with Crippen molar-refractivity contribution in [2.45, 2.75) is 39.7 Å². The Bertz CT molecular complexity index is 483. The van der Waals surface area contributed by atoms with E-state index in [0.717, 1.165) is 16.1 Å². The van der Waals surface area contributed by atoms with Crippen molar-refractivity contribution in [1.29, 1.82) is 0 Å². The van der Waals surface area contributed by atoms with Gasteiger partial charge in [-0.1, -0.05) is 23.7 Å². The third-order valence-electron chi connectivity index (χ3n) is 2.94. The molecule has 1 unspecified atom stereocenters. The number of aryl methyl sites for hydroxylation is 1. The van der Waals surface area contributed by atoms with Crippen LogP contribution in [0.15, 0.2) is 18.2 Å². The van der Waals surface area contributed by atoms with Gasteiger partial charge in [0.15, 0.2) is 0 Å². The molecule has 0 spiro atoms. The maximum Gasteiger partial charge on any atom is 0.407 e. The Balaban J connectivity index is 2.51. The summed E-state index contributed by atoms with van der Waals surface area (Å²) in [7, 11) is 0. The van der Waals surface area contributed by atoms with Crippen LogP contribution in [0.2, 0.25) is 5.02 Å². The van der Waals surface area contributed by atoms with Crippen LogP contribution in [0.3, 0.4) is 0 Å². The van der Waals surface area contributed by atoms with Crippen molar-refractivity contribution in [3.8, 4) is 0 Å². The summed E-state index contributed by atoms with van der Waals surface area (Å²) in [6.45, 7) is 7.75. The third kappa shape index (κ3) is 6.82. The molecule has 0 saturated carbocycles. The first kappa shape index (κ1) is 17.8. The lowest BCUT2D eigenvalue weighted by Crippen LogP contribution is -2.36. The second kappa shape index (κ2) is 7.66. The Morgan fingerprint density at radius 1 is 1.43 bits per heavy atom. The molecule has 1 rings (SSSR count). The summed E-state index contributed by atoms with van der Waals surface area (Å²) in [6.07, 6.45) is 0.206. The summed E-state index contributed by atoms with van der Waals surface area (Å²) in [4.78, 5) is 11.6. The van der Waals surface area contributed by atoms with Crippen molar-refractivity contribution in [2.75, 3.05) is 13.2 Å². The van der Waals surface area contributed by atoms with E-state index < -0.39 is 11.7 Å². The molecule has 0 aromatic heterocycles. The Labute approximate surface area is 131 Å². The number of amides is 1. The van der Waals surface area contributed by atoms with E-state index in [-0.39, 0.29) is 12.5 Å². The molecule has 1 aromatic rings. The number of carbonyl (C=O) groups excluding carboxylic acids is 1. The van der Waals surface area contributed by atoms with Gasteiger partial charge in [0.1, 0.15) is 5.60 Å². The number of carbonyl (C=O) groups is 1. The van der Waals surface area contributed by atoms with Gasteiger partial charge in [-0.05, 0) is 51.3 Å². The monoisotopic (exact) mass is 313 g/mol. The van der Waals surface area contributed by atoms with Gasteiger partial charge in [0.2, 0.25) is 0 Å². The molecular weight excluding hydrogens is 290 g/mol. The zero-order valence-corrected chi connectivity index (χ0v) is 13.8. The van der Waals surface area contributed by atoms with Gasteiger partial charge < -0.3 is 15.2 Å². The van der Waals surface area contributed by atoms with Gasteiger partial charge >= 0.3 is 6.09 Å². The van der Waals surface area contributed by atoms with Crippen molar-refractivity contribution < 1.29 is 14.6 Å². The minimum atomic E-state index is -0.522. The van der Waals surface area contributed by atoms with Gasteiger partial charge in [-0.15, -0.1) is 0 Å². The molecule has 1 aromatic carbocycles. The van der Waals surface area contributed by atoms with E-state index >= 15 is 0 Å². The van der Waals surface area contributed by atoms with E-state index in [4.69, 9.17) is 16.3 Å². The molecule has 1 atom stereocenters. The van der Waals surface area contributed by atoms with E-state index in [1.54, 1.807) is 0 Å². The van der Waals surface area contributed by atoms with Crippen LogP contribution in [0.1, 0.15) is 31.9 Å². The SMILES string of the molecule is Cc1cc(CC(CO)CNC(=O)OC(C)(C)C)ccc1Cl. The molecule has 0 heterocycles. The molecular formula is C16H24ClNO3. The molecule has 0 aliphatic rings. The predicted octanol–water partition coefficient (Wildman–Crippen LogP) is 3.32. The highest BCUT2D eigenvalue weighted by Gasteiger charge is 2.17. The Kier molecular flexibility index (Phi) is 6.49. The molecule has 2 N–H and O–H groups in total. The first-order valence-electron chi connectivity index (χ1n) is 7.04. The van der Waals surface area contributed by atoms with Crippen LogP contribution in [-0.2, 0) is 11.2 Å². The molecule has 0 radical (unpaired) electrons. The molecule has 5 heteroatoms. The minimum absolute atomic E-state index is 0.00251. The second-order valence-electron chi connectivity index (χ2n) is 6.22. The second-order valence-corrected chi connectivity index (χ2v) is 6.63. The minimum Gasteiger partial charge on any atom is -0.444 e. The quantitative estimate of drug-likeness (QED) is 0.876. The molecule has 0 bridgehead atoms. The number of benzene rings is 1. The van der Waals surface area contributed by atoms with E-state index in [1.807, 2.05) is 45.9 Å². The number of rotatable bonds is 5. The number of ether oxygens (including phenoxy) is 1. The Morgan fingerprint density at radius 2 is 2.10 bits per heavy atom. The van der Waals surface area contributed by atoms with Gasteiger partial charge in [-0.25, -0.2) is 4.79 Å². The van der Waals surface area contributed by atoms with Crippen molar-refractivity contribution in [3.63, 3.8) is 0 Å².